The van der Waals surface area contributed by atoms with Crippen LogP contribution in [0.2, 0.25) is 0 Å². The van der Waals surface area contributed by atoms with E-state index in [1.165, 1.54) is 0 Å². The van der Waals surface area contributed by atoms with Crippen LogP contribution in [-0.2, 0) is 55.9 Å². The van der Waals surface area contributed by atoms with Crippen LogP contribution in [0.5, 0.6) is 0 Å². The predicted molar refractivity (Wildman–Crippen MR) is 153 cm³/mol. The van der Waals surface area contributed by atoms with Crippen LogP contribution in [0.25, 0.3) is 0 Å². The first kappa shape index (κ1) is 45.7. The Bertz CT molecular complexity index is 1030. The first-order chi connectivity index (χ1) is 20.8. The summed E-state index contributed by atoms with van der Waals surface area (Å²) in [5.74, 6) is -3.05. The molecule has 0 heterocycles. The maximum atomic E-state index is 12.9. The summed E-state index contributed by atoms with van der Waals surface area (Å²) in [6.07, 6.45) is -10.1. The van der Waals surface area contributed by atoms with Crippen molar-refractivity contribution in [2.75, 3.05) is 0 Å². The topological polar surface area (TPSA) is 279 Å². The molecule has 6 N–H and O–H groups in total. The molecule has 1 aliphatic rings. The van der Waals surface area contributed by atoms with E-state index >= 15 is 0 Å². The van der Waals surface area contributed by atoms with Gasteiger partial charge in [-0.15, -0.1) is 0 Å². The number of carbonyl (C=O) groups excluding carboxylic acids is 3. The van der Waals surface area contributed by atoms with Gasteiger partial charge >= 0.3 is 70.9 Å². The van der Waals surface area contributed by atoms with Crippen molar-refractivity contribution < 1.29 is 115 Å². The molecule has 0 aliphatic heterocycles. The Kier molecular flexibility index (Phi) is 21.6. The van der Waals surface area contributed by atoms with Crippen molar-refractivity contribution in [3.8, 4) is 0 Å². The fourth-order valence-electron chi connectivity index (χ4n) is 4.55. The Morgan fingerprint density at radius 3 is 0.891 bits per heavy atom. The van der Waals surface area contributed by atoms with Gasteiger partial charge in [0, 0.05) is 19.3 Å². The van der Waals surface area contributed by atoms with Crippen LogP contribution in [0.4, 0.5) is 0 Å². The minimum absolute atomic E-state index is 0. The Morgan fingerprint density at radius 2 is 0.674 bits per heavy atom. The van der Waals surface area contributed by atoms with Gasteiger partial charge in [0.05, 0.1) is 0 Å². The summed E-state index contributed by atoms with van der Waals surface area (Å²) in [6, 6.07) is 0. The molecule has 0 spiro atoms. The molecule has 1 fully saturated rings. The van der Waals surface area contributed by atoms with Gasteiger partial charge in [-0.2, -0.15) is 0 Å². The van der Waals surface area contributed by atoms with Gasteiger partial charge in [-0.05, 0) is 19.3 Å². The number of esters is 3. The van der Waals surface area contributed by atoms with Crippen LogP contribution in [0, 0.1) is 0 Å². The van der Waals surface area contributed by atoms with Crippen molar-refractivity contribution in [1.29, 1.82) is 0 Å². The van der Waals surface area contributed by atoms with Gasteiger partial charge in [0.25, 0.3) is 0 Å². The molecule has 0 amide bonds. The number of rotatable bonds is 21. The molecule has 1 rings (SSSR count). The second-order valence-electron chi connectivity index (χ2n) is 10.4. The summed E-state index contributed by atoms with van der Waals surface area (Å²) >= 11 is 0. The van der Waals surface area contributed by atoms with Crippen LogP contribution < -0.4 is 29.6 Å². The van der Waals surface area contributed by atoms with E-state index in [1.54, 1.807) is 0 Å². The quantitative estimate of drug-likeness (QED) is 0.0295. The number of ether oxygens (including phenoxy) is 3. The van der Waals surface area contributed by atoms with Crippen LogP contribution in [0.1, 0.15) is 97.8 Å². The third-order valence-electron chi connectivity index (χ3n) is 6.48. The second-order valence-corrected chi connectivity index (χ2v) is 14.0. The minimum Gasteiger partial charge on any atom is -0.455 e. The summed E-state index contributed by atoms with van der Waals surface area (Å²) in [4.78, 5) is 96.7. The summed E-state index contributed by atoms with van der Waals surface area (Å²) in [7, 11) is -17.1. The first-order valence-electron chi connectivity index (χ1n) is 14.6. The van der Waals surface area contributed by atoms with Gasteiger partial charge in [-0.1, -0.05) is 59.3 Å². The van der Waals surface area contributed by atoms with E-state index in [-0.39, 0.29) is 61.7 Å². The van der Waals surface area contributed by atoms with Crippen molar-refractivity contribution in [3.05, 3.63) is 0 Å². The average Bonchev–Trinajstić information content (AvgIpc) is 2.88. The summed E-state index contributed by atoms with van der Waals surface area (Å²) in [5, 5.41) is 0. The van der Waals surface area contributed by atoms with Gasteiger partial charge in [0.15, 0.2) is 18.3 Å². The fourth-order valence-corrected chi connectivity index (χ4v) is 6.22. The molecule has 1 aliphatic carbocycles. The zero-order chi connectivity index (χ0) is 34.4. The van der Waals surface area contributed by atoms with E-state index < -0.39 is 78.0 Å². The molecule has 0 saturated heterocycles. The standard InChI is InChI=1S/C24H45O18P3.Na/c1-4-7-10-13-16(25)37-19-20(38-17(26)14-11-8-5-2)22(40-43(28,29)30)24(42-45(34,35)36)23(41-44(31,32)33)21(19)39-18(27)15-12-9-6-3;/h19-24H,4-15H2,1-3H3,(H2,28,29,30)(H2,31,32,33)(H2,34,35,36);/q;+1/t19?,20-,21+,22-,23-,24?;/m1./s1. The molecule has 264 valence electrons. The van der Waals surface area contributed by atoms with Crippen molar-refractivity contribution in [1.82, 2.24) is 0 Å². The summed E-state index contributed by atoms with van der Waals surface area (Å²) in [6.45, 7) is 5.54. The zero-order valence-electron chi connectivity index (χ0n) is 26.4. The van der Waals surface area contributed by atoms with Gasteiger partial charge < -0.3 is 43.6 Å². The summed E-state index contributed by atoms with van der Waals surface area (Å²) in [5.41, 5.74) is 0. The van der Waals surface area contributed by atoms with Crippen LogP contribution in [0.3, 0.4) is 0 Å². The molecule has 0 aromatic heterocycles. The van der Waals surface area contributed by atoms with Crippen LogP contribution in [-0.4, -0.2) is 83.9 Å². The normalized spacial score (nSPS) is 23.7. The third-order valence-corrected chi connectivity index (χ3v) is 8.03. The fraction of sp³-hybridized carbons (Fsp3) is 0.875. The Morgan fingerprint density at radius 1 is 0.457 bits per heavy atom. The number of phosphoric ester groups is 3. The van der Waals surface area contributed by atoms with E-state index in [2.05, 4.69) is 4.52 Å². The number of carbonyl (C=O) groups is 3. The number of hydrogen-bond acceptors (Lipinski definition) is 12. The smallest absolute Gasteiger partial charge is 0.455 e. The molecular formula is C24H45NaO18P3+. The number of phosphoric acid groups is 3. The van der Waals surface area contributed by atoms with Gasteiger partial charge in [0.2, 0.25) is 0 Å². The molecule has 0 aromatic carbocycles. The van der Waals surface area contributed by atoms with Crippen LogP contribution >= 0.6 is 23.5 Å². The number of hydrogen-bond donors (Lipinski definition) is 6. The number of unbranched alkanes of at least 4 members (excludes halogenated alkanes) is 6. The monoisotopic (exact) mass is 737 g/mol. The molecule has 2 unspecified atom stereocenters. The molecule has 22 heteroatoms. The Balaban J connectivity index is 0.0000202. The third kappa shape index (κ3) is 18.5. The van der Waals surface area contributed by atoms with E-state index in [0.717, 1.165) is 0 Å². The molecule has 46 heavy (non-hydrogen) atoms. The average molecular weight is 738 g/mol. The van der Waals surface area contributed by atoms with Crippen molar-refractivity contribution in [3.63, 3.8) is 0 Å². The van der Waals surface area contributed by atoms with Gasteiger partial charge in [-0.25, -0.2) is 13.7 Å². The van der Waals surface area contributed by atoms with E-state index in [9.17, 15) is 57.4 Å². The Hall–Kier alpha value is -0.260. The van der Waals surface area contributed by atoms with Crippen molar-refractivity contribution in [2.45, 2.75) is 134 Å². The molecule has 1 saturated carbocycles. The maximum Gasteiger partial charge on any atom is 1.00 e. The Labute approximate surface area is 289 Å². The molecule has 6 atom stereocenters. The summed E-state index contributed by atoms with van der Waals surface area (Å²) < 4.78 is 66.5. The molecule has 0 aromatic rings. The largest absolute Gasteiger partial charge is 1.00 e. The van der Waals surface area contributed by atoms with E-state index in [4.69, 9.17) is 23.3 Å². The van der Waals surface area contributed by atoms with E-state index in [1.807, 2.05) is 20.8 Å². The van der Waals surface area contributed by atoms with Gasteiger partial charge in [-0.3, -0.25) is 28.0 Å². The first-order valence-corrected chi connectivity index (χ1v) is 19.2. The SMILES string of the molecule is CCCCCC(=O)OC1[C@@H](OC(=O)CCCCC)[C@@H](OP(=O)(O)O)C(OP(=O)(O)O)[C@H](OP(=O)(O)O)[C@H]1OC(=O)CCCCC.[Na+]. The molecule has 0 radical (unpaired) electrons. The molecule has 0 bridgehead atoms. The zero-order valence-corrected chi connectivity index (χ0v) is 31.1. The van der Waals surface area contributed by atoms with Crippen LogP contribution in [0.15, 0.2) is 0 Å². The minimum atomic E-state index is -5.73. The van der Waals surface area contributed by atoms with E-state index in [0.29, 0.717) is 44.9 Å². The van der Waals surface area contributed by atoms with Gasteiger partial charge in [0.1, 0.15) is 18.3 Å². The van der Waals surface area contributed by atoms with Crippen molar-refractivity contribution >= 4 is 41.4 Å². The van der Waals surface area contributed by atoms with Crippen molar-refractivity contribution in [2.24, 2.45) is 0 Å². The molecular weight excluding hydrogens is 692 g/mol. The second kappa shape index (κ2) is 21.7. The predicted octanol–water partition coefficient (Wildman–Crippen LogP) is -0.0860. The maximum absolute atomic E-state index is 12.9. The molecule has 18 nitrogen and oxygen atoms in total.